The van der Waals surface area contributed by atoms with Gasteiger partial charge in [-0.2, -0.15) is 13.2 Å². The van der Waals surface area contributed by atoms with E-state index in [-0.39, 0.29) is 52.7 Å². The van der Waals surface area contributed by atoms with Gasteiger partial charge in [0.05, 0.1) is 34.7 Å². The number of aromatic nitrogens is 1. The molecule has 6 unspecified atom stereocenters. The molecule has 8 rings (SSSR count). The number of thioether (sulfide) groups is 1. The monoisotopic (exact) mass is 739 g/mol. The van der Waals surface area contributed by atoms with Crippen LogP contribution < -0.4 is 24.6 Å². The largest absolute Gasteiger partial charge is 0.490 e. The zero-order chi connectivity index (χ0) is 35.8. The summed E-state index contributed by atoms with van der Waals surface area (Å²) < 4.78 is 65.7. The number of hydrogen-bond donors (Lipinski definition) is 2. The van der Waals surface area contributed by atoms with Gasteiger partial charge >= 0.3 is 11.0 Å². The molecule has 4 aliphatic rings. The Kier molecular flexibility index (Phi) is 8.24. The fourth-order valence-electron chi connectivity index (χ4n) is 8.45. The number of thiazole rings is 1. The van der Waals surface area contributed by atoms with Gasteiger partial charge in [-0.05, 0) is 91.3 Å². The second kappa shape index (κ2) is 12.5. The first-order chi connectivity index (χ1) is 24.4. The Morgan fingerprint density at radius 2 is 1.71 bits per heavy atom. The summed E-state index contributed by atoms with van der Waals surface area (Å²) in [5.74, 6) is -3.59. The van der Waals surface area contributed by atoms with Crippen molar-refractivity contribution in [3.8, 4) is 11.5 Å². The lowest BCUT2D eigenvalue weighted by Gasteiger charge is -2.43. The van der Waals surface area contributed by atoms with Crippen molar-refractivity contribution >= 4 is 52.2 Å². The molecule has 3 amide bonds. The molecule has 3 heterocycles. The van der Waals surface area contributed by atoms with Crippen molar-refractivity contribution in [2.75, 3.05) is 23.4 Å². The average molecular weight is 740 g/mol. The molecule has 4 aromatic rings. The number of nitrogens with zero attached hydrogens (tertiary/aromatic N) is 1. The van der Waals surface area contributed by atoms with Crippen molar-refractivity contribution in [3.05, 3.63) is 98.2 Å². The second-order valence-corrected chi connectivity index (χ2v) is 15.2. The van der Waals surface area contributed by atoms with E-state index in [1.165, 1.54) is 48.2 Å². The Labute approximate surface area is 296 Å². The highest BCUT2D eigenvalue weighted by atomic mass is 32.2. The Hall–Kier alpha value is -4.63. The molecule has 3 fully saturated rings. The Morgan fingerprint density at radius 1 is 0.961 bits per heavy atom. The number of benzene rings is 3. The summed E-state index contributed by atoms with van der Waals surface area (Å²) in [6.45, 7) is 1.74. The van der Waals surface area contributed by atoms with Crippen molar-refractivity contribution in [3.63, 3.8) is 0 Å². The fraction of sp³-hybridized carbons (Fsp3) is 0.333. The van der Waals surface area contributed by atoms with E-state index in [0.29, 0.717) is 28.6 Å². The predicted octanol–water partition coefficient (Wildman–Crippen LogP) is 6.69. The lowest BCUT2D eigenvalue weighted by Crippen LogP contribution is -2.42. The highest BCUT2D eigenvalue weighted by Crippen LogP contribution is 2.69. The number of ether oxygens (including phenoxy) is 2. The molecule has 1 saturated heterocycles. The lowest BCUT2D eigenvalue weighted by atomic mass is 9.68. The second-order valence-electron chi connectivity index (χ2n) is 13.0. The molecule has 2 aliphatic heterocycles. The number of carbonyl (C=O) groups is 3. The minimum Gasteiger partial charge on any atom is -0.490 e. The smallest absolute Gasteiger partial charge is 0.416 e. The third-order valence-electron chi connectivity index (χ3n) is 10.3. The van der Waals surface area contributed by atoms with Crippen molar-refractivity contribution in [2.24, 2.45) is 29.6 Å². The van der Waals surface area contributed by atoms with Crippen LogP contribution in [-0.2, 0) is 20.6 Å². The average Bonchev–Trinajstić information content (AvgIpc) is 3.83. The summed E-state index contributed by atoms with van der Waals surface area (Å²) in [6.07, 6.45) is -4.04. The zero-order valence-electron chi connectivity index (χ0n) is 26.7. The van der Waals surface area contributed by atoms with E-state index in [9.17, 15) is 36.7 Å². The molecule has 2 bridgehead atoms. The molecular weight excluding hydrogens is 711 g/mol. The van der Waals surface area contributed by atoms with Crippen LogP contribution in [0.2, 0.25) is 0 Å². The minimum atomic E-state index is -4.64. The summed E-state index contributed by atoms with van der Waals surface area (Å²) in [7, 11) is 0. The quantitative estimate of drug-likeness (QED) is 0.153. The van der Waals surface area contributed by atoms with E-state index >= 15 is 0 Å². The topological polar surface area (TPSA) is 118 Å². The number of H-pyrrole nitrogens is 1. The maximum absolute atomic E-state index is 14.0. The van der Waals surface area contributed by atoms with Crippen molar-refractivity contribution < 1.29 is 41.4 Å². The van der Waals surface area contributed by atoms with Gasteiger partial charge in [0, 0.05) is 21.7 Å². The van der Waals surface area contributed by atoms with Gasteiger partial charge in [-0.15, -0.1) is 11.8 Å². The molecule has 9 nitrogen and oxygen atoms in total. The minimum absolute atomic E-state index is 0.0902. The number of amides is 3. The van der Waals surface area contributed by atoms with Crippen LogP contribution in [0.15, 0.2) is 76.6 Å². The number of hydrogen-bond acceptors (Lipinski definition) is 8. The lowest BCUT2D eigenvalue weighted by molar-refractivity contribution is -0.137. The molecule has 7 atom stereocenters. The molecule has 264 valence electrons. The van der Waals surface area contributed by atoms with Gasteiger partial charge in [-0.1, -0.05) is 23.5 Å². The Balaban J connectivity index is 1.10. The molecule has 15 heteroatoms. The molecule has 2 aliphatic carbocycles. The van der Waals surface area contributed by atoms with Gasteiger partial charge in [-0.25, -0.2) is 4.39 Å². The third kappa shape index (κ3) is 5.70. The third-order valence-corrected chi connectivity index (χ3v) is 12.9. The van der Waals surface area contributed by atoms with Crippen LogP contribution in [0.5, 0.6) is 11.5 Å². The molecule has 0 radical (unpaired) electrons. The summed E-state index contributed by atoms with van der Waals surface area (Å²) in [4.78, 5) is 57.7. The SMILES string of the molecule is CCOc1cc([C@H]2c3sc(=O)[nH]c3SC3C4CC(C5C(=O)N(c6cccc(C(F)(F)F)c6)C(=O)C45)C32)ccc1OCC(=O)Nc1ccc(F)cc1. The van der Waals surface area contributed by atoms with Crippen LogP contribution in [0.3, 0.4) is 0 Å². The van der Waals surface area contributed by atoms with Crippen molar-refractivity contribution in [2.45, 2.75) is 35.7 Å². The standard InChI is InChI=1S/C36H29F4N3O6S2/c1-2-48-24-12-16(6-11-23(24)49-15-25(44)41-19-9-7-18(37)8-10-19)26-27-21-14-22(30(27)50-32-31(26)51-35(47)42-32)29-28(21)33(45)43(34(29)46)20-5-3-4-17(13-20)36(38,39)40/h3-13,21-22,26-30H,2,14-15H2,1H3,(H,41,44)(H,42,47)/t21?,22?,26-,27?,28?,29?,30?/m1/s1. The van der Waals surface area contributed by atoms with E-state index in [0.717, 1.165) is 38.8 Å². The molecule has 1 aromatic heterocycles. The van der Waals surface area contributed by atoms with Crippen LogP contribution in [0.25, 0.3) is 0 Å². The maximum Gasteiger partial charge on any atom is 0.416 e. The van der Waals surface area contributed by atoms with Crippen LogP contribution in [0, 0.1) is 35.4 Å². The first-order valence-corrected chi connectivity index (χ1v) is 18.0. The first kappa shape index (κ1) is 33.5. The highest BCUT2D eigenvalue weighted by molar-refractivity contribution is 8.00. The molecular formula is C36H29F4N3O6S2. The maximum atomic E-state index is 14.0. The van der Waals surface area contributed by atoms with Gasteiger partial charge < -0.3 is 19.8 Å². The van der Waals surface area contributed by atoms with Crippen LogP contribution >= 0.6 is 23.1 Å². The number of halogens is 4. The van der Waals surface area contributed by atoms with Crippen molar-refractivity contribution in [1.82, 2.24) is 4.98 Å². The molecule has 2 N–H and O–H groups in total. The molecule has 2 saturated carbocycles. The highest BCUT2D eigenvalue weighted by Gasteiger charge is 2.69. The van der Waals surface area contributed by atoms with Gasteiger partial charge in [0.2, 0.25) is 11.8 Å². The summed E-state index contributed by atoms with van der Waals surface area (Å²) in [5, 5.41) is 3.20. The molecule has 3 aromatic carbocycles. The van der Waals surface area contributed by atoms with E-state index < -0.39 is 47.1 Å². The number of alkyl halides is 3. The van der Waals surface area contributed by atoms with Crippen LogP contribution in [-0.4, -0.2) is 41.2 Å². The number of fused-ring (bicyclic) bond motifs is 9. The van der Waals surface area contributed by atoms with Crippen LogP contribution in [0.4, 0.5) is 28.9 Å². The van der Waals surface area contributed by atoms with E-state index in [4.69, 9.17) is 9.47 Å². The number of aromatic amines is 1. The number of rotatable bonds is 8. The summed E-state index contributed by atoms with van der Waals surface area (Å²) >= 11 is 2.59. The number of anilines is 2. The fourth-order valence-corrected chi connectivity index (χ4v) is 11.3. The van der Waals surface area contributed by atoms with Gasteiger partial charge in [-0.3, -0.25) is 24.1 Å². The zero-order valence-corrected chi connectivity index (χ0v) is 28.4. The molecule has 51 heavy (non-hydrogen) atoms. The Morgan fingerprint density at radius 3 is 2.43 bits per heavy atom. The molecule has 0 spiro atoms. The van der Waals surface area contributed by atoms with Crippen LogP contribution in [0.1, 0.15) is 35.3 Å². The van der Waals surface area contributed by atoms with E-state index in [1.54, 1.807) is 13.0 Å². The number of nitrogens with one attached hydrogen (secondary N) is 2. The van der Waals surface area contributed by atoms with E-state index in [2.05, 4.69) is 10.3 Å². The normalized spacial score (nSPS) is 26.1. The number of carbonyl (C=O) groups excluding carboxylic acids is 3. The van der Waals surface area contributed by atoms with Gasteiger partial charge in [0.1, 0.15) is 5.82 Å². The number of imide groups is 1. The first-order valence-electron chi connectivity index (χ1n) is 16.3. The van der Waals surface area contributed by atoms with E-state index in [1.807, 2.05) is 12.1 Å². The Bertz CT molecular complexity index is 2120. The van der Waals surface area contributed by atoms with Gasteiger partial charge in [0.15, 0.2) is 18.1 Å². The van der Waals surface area contributed by atoms with Crippen molar-refractivity contribution in [1.29, 1.82) is 0 Å². The van der Waals surface area contributed by atoms with Gasteiger partial charge in [0.25, 0.3) is 5.91 Å². The summed E-state index contributed by atoms with van der Waals surface area (Å²) in [6, 6.07) is 15.0. The summed E-state index contributed by atoms with van der Waals surface area (Å²) in [5.41, 5.74) is 0.172. The predicted molar refractivity (Wildman–Crippen MR) is 181 cm³/mol.